The predicted octanol–water partition coefficient (Wildman–Crippen LogP) is -0.208. The summed E-state index contributed by atoms with van der Waals surface area (Å²) in [6.07, 6.45) is -2.76. The topological polar surface area (TPSA) is 52.0 Å². The molecule has 1 atom stereocenters. The van der Waals surface area contributed by atoms with E-state index in [-0.39, 0.29) is 0 Å². The largest absolute Gasteiger partial charge is 0.344 e. The van der Waals surface area contributed by atoms with Gasteiger partial charge in [-0.15, -0.1) is 0 Å². The second-order valence-electron chi connectivity index (χ2n) is 1.08. The van der Waals surface area contributed by atoms with E-state index in [1.807, 2.05) is 0 Å². The normalized spacial score (nSPS) is 16.7. The van der Waals surface area contributed by atoms with Crippen LogP contribution in [-0.2, 0) is 0 Å². The maximum atomic E-state index is 11.1. The molecular weight excluding hydrogens is 109 g/mol. The number of hydrogen-bond donors (Lipinski definition) is 2. The molecule has 2 nitrogen and oxygen atoms in total. The number of hydrogen-bond acceptors (Lipinski definition) is 2. The summed E-state index contributed by atoms with van der Waals surface area (Å²) in [6.45, 7) is 0. The third kappa shape index (κ3) is 2.41. The third-order valence-electron chi connectivity index (χ3n) is 0.368. The smallest absolute Gasteiger partial charge is 0.295 e. The Hall–Kier alpha value is -0.290. The Morgan fingerprint density at radius 3 is 1.57 bits per heavy atom. The van der Waals surface area contributed by atoms with Gasteiger partial charge in [0.15, 0.2) is 0 Å². The van der Waals surface area contributed by atoms with Gasteiger partial charge in [-0.3, -0.25) is 11.5 Å². The van der Waals surface area contributed by atoms with Crippen LogP contribution in [0.1, 0.15) is 0 Å². The highest BCUT2D eigenvalue weighted by Gasteiger charge is 2.31. The van der Waals surface area contributed by atoms with Crippen molar-refractivity contribution in [3.8, 4) is 0 Å². The molecule has 0 bridgehead atoms. The standard InChI is InChI=1S/C2H5F3N2/c3-1(6)2(4,5)7/h1H,6-7H2. The van der Waals surface area contributed by atoms with Crippen molar-refractivity contribution < 1.29 is 13.2 Å². The summed E-state index contributed by atoms with van der Waals surface area (Å²) in [5.41, 5.74) is 7.87. The van der Waals surface area contributed by atoms with Crippen LogP contribution in [0.2, 0.25) is 0 Å². The monoisotopic (exact) mass is 114 g/mol. The van der Waals surface area contributed by atoms with Crippen molar-refractivity contribution in [3.05, 3.63) is 0 Å². The van der Waals surface area contributed by atoms with Crippen LogP contribution in [0.15, 0.2) is 0 Å². The zero-order valence-corrected chi connectivity index (χ0v) is 3.37. The number of alkyl halides is 3. The van der Waals surface area contributed by atoms with Crippen molar-refractivity contribution in [3.63, 3.8) is 0 Å². The molecule has 0 aliphatic carbocycles. The summed E-state index contributed by atoms with van der Waals surface area (Å²) in [6, 6.07) is -3.89. The second-order valence-corrected chi connectivity index (χ2v) is 1.08. The van der Waals surface area contributed by atoms with E-state index in [9.17, 15) is 13.2 Å². The maximum Gasteiger partial charge on any atom is 0.344 e. The predicted molar refractivity (Wildman–Crippen MR) is 18.2 cm³/mol. The molecule has 1 unspecified atom stereocenters. The quantitative estimate of drug-likeness (QED) is 0.463. The molecule has 0 aliphatic heterocycles. The summed E-state index contributed by atoms with van der Waals surface area (Å²) in [4.78, 5) is 0. The Bertz CT molecular complexity index is 56.4. The summed E-state index contributed by atoms with van der Waals surface area (Å²) < 4.78 is 33.4. The van der Waals surface area contributed by atoms with Crippen LogP contribution in [0, 0.1) is 0 Å². The first-order valence-corrected chi connectivity index (χ1v) is 1.51. The summed E-state index contributed by atoms with van der Waals surface area (Å²) in [5.74, 6) is 0. The van der Waals surface area contributed by atoms with Crippen molar-refractivity contribution in [2.75, 3.05) is 0 Å². The van der Waals surface area contributed by atoms with E-state index in [1.165, 1.54) is 0 Å². The third-order valence-corrected chi connectivity index (χ3v) is 0.368. The van der Waals surface area contributed by atoms with Gasteiger partial charge in [0.25, 0.3) is 0 Å². The molecule has 5 heteroatoms. The average Bonchev–Trinajstić information content (AvgIpc) is 1.31. The Kier molecular flexibility index (Phi) is 1.60. The number of rotatable bonds is 1. The Balaban J connectivity index is 3.54. The number of nitrogens with two attached hydrogens (primary N) is 2. The van der Waals surface area contributed by atoms with E-state index in [4.69, 9.17) is 0 Å². The molecular formula is C2H5F3N2. The van der Waals surface area contributed by atoms with Gasteiger partial charge in [0, 0.05) is 0 Å². The van der Waals surface area contributed by atoms with Crippen molar-refractivity contribution in [1.29, 1.82) is 0 Å². The van der Waals surface area contributed by atoms with E-state index >= 15 is 0 Å². The molecule has 0 heterocycles. The lowest BCUT2D eigenvalue weighted by molar-refractivity contribution is -0.0636. The van der Waals surface area contributed by atoms with Crippen LogP contribution >= 0.6 is 0 Å². The lowest BCUT2D eigenvalue weighted by Gasteiger charge is -2.08. The minimum atomic E-state index is -3.89. The molecule has 0 aromatic carbocycles. The molecule has 0 spiro atoms. The Morgan fingerprint density at radius 2 is 1.57 bits per heavy atom. The van der Waals surface area contributed by atoms with E-state index < -0.39 is 12.3 Å². The van der Waals surface area contributed by atoms with Gasteiger partial charge in [0.05, 0.1) is 0 Å². The highest BCUT2D eigenvalue weighted by atomic mass is 19.3. The zero-order valence-electron chi connectivity index (χ0n) is 3.37. The van der Waals surface area contributed by atoms with Crippen LogP contribution in [0.4, 0.5) is 13.2 Å². The molecule has 0 saturated heterocycles. The van der Waals surface area contributed by atoms with Crippen LogP contribution in [-0.4, -0.2) is 12.3 Å². The van der Waals surface area contributed by atoms with Crippen molar-refractivity contribution in [2.24, 2.45) is 11.5 Å². The summed E-state index contributed by atoms with van der Waals surface area (Å²) in [7, 11) is 0. The van der Waals surface area contributed by atoms with E-state index in [0.29, 0.717) is 0 Å². The fourth-order valence-corrected chi connectivity index (χ4v) is 0. The highest BCUT2D eigenvalue weighted by molar-refractivity contribution is 4.60. The van der Waals surface area contributed by atoms with Gasteiger partial charge in [-0.1, -0.05) is 0 Å². The maximum absolute atomic E-state index is 11.1. The minimum absolute atomic E-state index is 2.76. The van der Waals surface area contributed by atoms with Gasteiger partial charge in [-0.05, 0) is 0 Å². The average molecular weight is 114 g/mol. The number of halogens is 3. The van der Waals surface area contributed by atoms with Gasteiger partial charge in [-0.25, -0.2) is 4.39 Å². The molecule has 0 aliphatic rings. The molecule has 0 fully saturated rings. The first-order chi connectivity index (χ1) is 2.94. The fraction of sp³-hybridized carbons (Fsp3) is 1.00. The van der Waals surface area contributed by atoms with E-state index in [0.717, 1.165) is 0 Å². The molecule has 0 saturated carbocycles. The zero-order chi connectivity index (χ0) is 6.08. The van der Waals surface area contributed by atoms with Crippen LogP contribution in [0.5, 0.6) is 0 Å². The van der Waals surface area contributed by atoms with Crippen LogP contribution in [0.3, 0.4) is 0 Å². The molecule has 0 aromatic heterocycles. The van der Waals surface area contributed by atoms with Crippen molar-refractivity contribution in [1.82, 2.24) is 0 Å². The van der Waals surface area contributed by atoms with Gasteiger partial charge in [-0.2, -0.15) is 8.78 Å². The van der Waals surface area contributed by atoms with E-state index in [1.54, 1.807) is 0 Å². The molecule has 0 amide bonds. The van der Waals surface area contributed by atoms with Gasteiger partial charge < -0.3 is 0 Å². The molecule has 0 rings (SSSR count). The second kappa shape index (κ2) is 1.67. The molecule has 0 aromatic rings. The lowest BCUT2D eigenvalue weighted by atomic mass is 10.5. The minimum Gasteiger partial charge on any atom is -0.295 e. The molecule has 4 N–H and O–H groups in total. The Morgan fingerprint density at radius 1 is 1.43 bits per heavy atom. The van der Waals surface area contributed by atoms with E-state index in [2.05, 4.69) is 11.5 Å². The van der Waals surface area contributed by atoms with Crippen molar-refractivity contribution in [2.45, 2.75) is 12.3 Å². The Labute approximate surface area is 38.3 Å². The molecule has 7 heavy (non-hydrogen) atoms. The molecule has 44 valence electrons. The first kappa shape index (κ1) is 6.71. The van der Waals surface area contributed by atoms with Crippen LogP contribution in [0.25, 0.3) is 0 Å². The van der Waals surface area contributed by atoms with Gasteiger partial charge in [0.1, 0.15) is 0 Å². The first-order valence-electron chi connectivity index (χ1n) is 1.51. The lowest BCUT2D eigenvalue weighted by Crippen LogP contribution is -2.44. The fourth-order valence-electron chi connectivity index (χ4n) is 0. The van der Waals surface area contributed by atoms with Crippen LogP contribution < -0.4 is 11.5 Å². The summed E-state index contributed by atoms with van der Waals surface area (Å²) >= 11 is 0. The van der Waals surface area contributed by atoms with Crippen molar-refractivity contribution >= 4 is 0 Å². The van der Waals surface area contributed by atoms with Gasteiger partial charge in [0.2, 0.25) is 6.30 Å². The highest BCUT2D eigenvalue weighted by Crippen LogP contribution is 2.07. The van der Waals surface area contributed by atoms with Gasteiger partial charge >= 0.3 is 6.05 Å². The summed E-state index contributed by atoms with van der Waals surface area (Å²) in [5, 5.41) is 0. The SMILES string of the molecule is NC(F)C(N)(F)F. The molecule has 0 radical (unpaired) electrons.